The summed E-state index contributed by atoms with van der Waals surface area (Å²) >= 11 is 0. The van der Waals surface area contributed by atoms with Crippen molar-refractivity contribution in [3.63, 3.8) is 0 Å². The standard InChI is InChI=1S/C15H11.C11H13PSi.2ClH.Zr/c1-2-6-12(7-3-1)14-10-4-8-13-9-5-11-15(13)14;1-4-7-11-10-8(12-7)5-6-9(10)13(11,2)3;;;/h1-11H;5-6H,4H2,1-3H3;2*1H;/q-1;;;;+3/p-2. The second kappa shape index (κ2) is 10.4. The molecule has 0 saturated carbocycles. The van der Waals surface area contributed by atoms with Gasteiger partial charge in [0.05, 0.1) is 0 Å². The third-order valence-corrected chi connectivity index (χ3v) is 11.3. The Morgan fingerprint density at radius 3 is 2.35 bits per heavy atom. The zero-order chi connectivity index (χ0) is 19.3. The van der Waals surface area contributed by atoms with Crippen molar-refractivity contribution >= 4 is 32.3 Å². The molecule has 0 atom stereocenters. The third-order valence-electron chi connectivity index (χ3n) is 6.12. The Morgan fingerprint density at radius 1 is 0.903 bits per heavy atom. The van der Waals surface area contributed by atoms with Crippen molar-refractivity contribution < 1.29 is 51.0 Å². The fraction of sp³-hybridized carbons (Fsp3) is 0.154. The molecule has 0 spiro atoms. The fourth-order valence-electron chi connectivity index (χ4n) is 4.72. The topological polar surface area (TPSA) is 0 Å². The van der Waals surface area contributed by atoms with Crippen LogP contribution in [0.15, 0.2) is 100 Å². The second-order valence-corrected chi connectivity index (χ2v) is 13.7. The van der Waals surface area contributed by atoms with Gasteiger partial charge in [-0.2, -0.15) is 12.1 Å². The van der Waals surface area contributed by atoms with E-state index in [2.05, 4.69) is 98.9 Å². The van der Waals surface area contributed by atoms with Gasteiger partial charge in [0.25, 0.3) is 0 Å². The van der Waals surface area contributed by atoms with Gasteiger partial charge in [-0.15, -0.1) is 29.0 Å². The average Bonchev–Trinajstić information content (AvgIpc) is 3.40. The maximum absolute atomic E-state index is 2.49. The second-order valence-electron chi connectivity index (χ2n) is 8.12. The smallest absolute Gasteiger partial charge is 1.00 e. The van der Waals surface area contributed by atoms with E-state index in [0.29, 0.717) is 0 Å². The van der Waals surface area contributed by atoms with Gasteiger partial charge in [-0.3, -0.25) is 0 Å². The maximum Gasteiger partial charge on any atom is 3.00 e. The molecule has 3 aliphatic rings. The van der Waals surface area contributed by atoms with E-state index >= 15 is 0 Å². The van der Waals surface area contributed by atoms with Gasteiger partial charge in [-0.25, -0.2) is 0 Å². The van der Waals surface area contributed by atoms with Gasteiger partial charge in [-0.05, 0) is 39.3 Å². The molecule has 31 heavy (non-hydrogen) atoms. The molecule has 0 N–H and O–H groups in total. The van der Waals surface area contributed by atoms with E-state index in [1.807, 2.05) is 0 Å². The predicted molar refractivity (Wildman–Crippen MR) is 128 cm³/mol. The molecule has 0 fully saturated rings. The molecule has 0 bridgehead atoms. The molecule has 0 aromatic heterocycles. The molecule has 5 heteroatoms. The maximum atomic E-state index is 2.49. The number of rotatable bonds is 2. The Balaban J connectivity index is 0.000000202. The van der Waals surface area contributed by atoms with Gasteiger partial charge >= 0.3 is 26.2 Å². The molecular formula is C26H24Cl2PSiZr. The van der Waals surface area contributed by atoms with Crippen LogP contribution in [0, 0.1) is 0 Å². The van der Waals surface area contributed by atoms with Crippen LogP contribution in [-0.2, 0) is 26.2 Å². The number of hydrogen-bond acceptors (Lipinski definition) is 0. The predicted octanol–water partition coefficient (Wildman–Crippen LogP) is 1.68. The molecule has 6 rings (SSSR count). The minimum absolute atomic E-state index is 0. The molecule has 3 aromatic carbocycles. The van der Waals surface area contributed by atoms with Crippen molar-refractivity contribution in [2.45, 2.75) is 26.4 Å². The Kier molecular flexibility index (Phi) is 8.82. The molecule has 1 aliphatic carbocycles. The van der Waals surface area contributed by atoms with Crippen LogP contribution < -0.4 is 24.8 Å². The Hall–Kier alpha value is -0.880. The Labute approximate surface area is 219 Å². The third kappa shape index (κ3) is 4.36. The van der Waals surface area contributed by atoms with E-state index in [9.17, 15) is 0 Å². The van der Waals surface area contributed by atoms with Crippen molar-refractivity contribution in [1.29, 1.82) is 0 Å². The summed E-state index contributed by atoms with van der Waals surface area (Å²) in [5, 5.41) is 9.48. The quantitative estimate of drug-likeness (QED) is 0.256. The minimum atomic E-state index is -1.11. The van der Waals surface area contributed by atoms with Gasteiger partial charge in [0.2, 0.25) is 0 Å². The first-order valence-electron chi connectivity index (χ1n) is 10.1. The van der Waals surface area contributed by atoms with E-state index in [0.717, 1.165) is 0 Å². The first-order valence-corrected chi connectivity index (χ1v) is 14.0. The van der Waals surface area contributed by atoms with Gasteiger partial charge < -0.3 is 24.8 Å². The summed E-state index contributed by atoms with van der Waals surface area (Å²) < 4.78 is 0. The van der Waals surface area contributed by atoms with Crippen LogP contribution in [0.5, 0.6) is 0 Å². The zero-order valence-electron chi connectivity index (χ0n) is 17.9. The first kappa shape index (κ1) is 26.4. The van der Waals surface area contributed by atoms with E-state index in [4.69, 9.17) is 0 Å². The summed E-state index contributed by atoms with van der Waals surface area (Å²) in [6.07, 6.45) is 5.97. The molecular weight excluding hydrogens is 533 g/mol. The van der Waals surface area contributed by atoms with Crippen LogP contribution >= 0.6 is 8.20 Å². The number of fused-ring (bicyclic) bond motifs is 1. The molecule has 0 amide bonds. The van der Waals surface area contributed by atoms with Crippen LogP contribution in [0.25, 0.3) is 21.9 Å². The largest absolute Gasteiger partial charge is 3.00 e. The summed E-state index contributed by atoms with van der Waals surface area (Å²) in [6.45, 7) is 7.28. The fourth-order valence-corrected chi connectivity index (χ4v) is 10.4. The molecule has 2 aliphatic heterocycles. The van der Waals surface area contributed by atoms with Crippen molar-refractivity contribution in [1.82, 2.24) is 0 Å². The molecule has 0 unspecified atom stereocenters. The van der Waals surface area contributed by atoms with E-state index in [1.54, 1.807) is 26.6 Å². The molecule has 3 aromatic rings. The van der Waals surface area contributed by atoms with Gasteiger partial charge in [0.15, 0.2) is 0 Å². The van der Waals surface area contributed by atoms with E-state index in [1.165, 1.54) is 36.5 Å². The Bertz CT molecular complexity index is 1220. The zero-order valence-corrected chi connectivity index (χ0v) is 23.8. The van der Waals surface area contributed by atoms with Gasteiger partial charge in [-0.1, -0.05) is 76.3 Å². The van der Waals surface area contributed by atoms with Crippen LogP contribution in [-0.4, -0.2) is 13.4 Å². The number of benzene rings is 2. The molecule has 0 nitrogen and oxygen atoms in total. The van der Waals surface area contributed by atoms with Gasteiger partial charge in [0.1, 0.15) is 8.07 Å². The monoisotopic (exact) mass is 555 g/mol. The number of allylic oxidation sites excluding steroid dienone is 6. The summed E-state index contributed by atoms with van der Waals surface area (Å²) in [5.74, 6) is 0. The Morgan fingerprint density at radius 2 is 1.65 bits per heavy atom. The van der Waals surface area contributed by atoms with Crippen molar-refractivity contribution in [3.05, 3.63) is 100 Å². The van der Waals surface area contributed by atoms with Crippen LogP contribution in [0.2, 0.25) is 13.1 Å². The van der Waals surface area contributed by atoms with Crippen molar-refractivity contribution in [2.24, 2.45) is 0 Å². The summed E-state index contributed by atoms with van der Waals surface area (Å²) in [4.78, 5) is 0. The van der Waals surface area contributed by atoms with Gasteiger partial charge in [0, 0.05) is 5.31 Å². The number of hydrogen-bond donors (Lipinski definition) is 0. The van der Waals surface area contributed by atoms with E-state index < -0.39 is 8.07 Å². The molecule has 0 saturated heterocycles. The first-order chi connectivity index (χ1) is 13.6. The molecule has 2 heterocycles. The minimum Gasteiger partial charge on any atom is -1.00 e. The summed E-state index contributed by atoms with van der Waals surface area (Å²) in [5.41, 5.74) is 4.27. The normalized spacial score (nSPS) is 16.8. The SMILES string of the molecule is CCC1=PC2=CC=C3C2=C1[Si]3(C)C.[Cl-].[Cl-].[Zr+3].c1ccc(-c2cccc3[cH-]ccc23)cc1. The van der Waals surface area contributed by atoms with Crippen molar-refractivity contribution in [3.8, 4) is 11.1 Å². The molecule has 1 radical (unpaired) electrons. The van der Waals surface area contributed by atoms with E-state index in [-0.39, 0.29) is 51.0 Å². The van der Waals surface area contributed by atoms with Crippen molar-refractivity contribution in [2.75, 3.05) is 0 Å². The summed E-state index contributed by atoms with van der Waals surface area (Å²) in [6, 6.07) is 23.4. The summed E-state index contributed by atoms with van der Waals surface area (Å²) in [7, 11) is 0.406. The average molecular weight is 558 g/mol. The van der Waals surface area contributed by atoms with Crippen LogP contribution in [0.4, 0.5) is 0 Å². The van der Waals surface area contributed by atoms with Crippen LogP contribution in [0.3, 0.4) is 0 Å². The molecule has 155 valence electrons. The van der Waals surface area contributed by atoms with Crippen LogP contribution in [0.1, 0.15) is 13.3 Å². The number of halogens is 2.